The van der Waals surface area contributed by atoms with Crippen LogP contribution in [0.25, 0.3) is 0 Å². The van der Waals surface area contributed by atoms with E-state index in [4.69, 9.17) is 4.74 Å². The van der Waals surface area contributed by atoms with Crippen molar-refractivity contribution in [3.63, 3.8) is 0 Å². The highest BCUT2D eigenvalue weighted by molar-refractivity contribution is 7.84. The molecule has 1 unspecified atom stereocenters. The first kappa shape index (κ1) is 14.1. The van der Waals surface area contributed by atoms with Gasteiger partial charge in [-0.15, -0.1) is 0 Å². The van der Waals surface area contributed by atoms with Gasteiger partial charge in [0.25, 0.3) is 0 Å². The molecule has 1 atom stereocenters. The van der Waals surface area contributed by atoms with Crippen molar-refractivity contribution in [1.29, 1.82) is 0 Å². The number of unbranched alkanes of at least 4 members (excludes halogenated alkanes) is 1. The van der Waals surface area contributed by atoms with E-state index in [9.17, 15) is 9.00 Å². The SMILES string of the molecule is CS(=O)CCCCOc1ccc2c(c1)CCC(=O)N2. The van der Waals surface area contributed by atoms with Gasteiger partial charge in [-0.05, 0) is 43.0 Å². The number of nitrogens with one attached hydrogen (secondary N) is 1. The van der Waals surface area contributed by atoms with Gasteiger partial charge in [-0.1, -0.05) is 0 Å². The first-order chi connectivity index (χ1) is 9.15. The highest BCUT2D eigenvalue weighted by Gasteiger charge is 2.14. The normalized spacial score (nSPS) is 15.5. The average molecular weight is 281 g/mol. The predicted molar refractivity (Wildman–Crippen MR) is 77.1 cm³/mol. The van der Waals surface area contributed by atoms with Crippen LogP contribution in [0.15, 0.2) is 18.2 Å². The van der Waals surface area contributed by atoms with Gasteiger partial charge in [0.15, 0.2) is 0 Å². The van der Waals surface area contributed by atoms with Gasteiger partial charge in [0.05, 0.1) is 6.61 Å². The Bertz CT molecular complexity index is 488. The number of carbonyl (C=O) groups is 1. The van der Waals surface area contributed by atoms with Crippen LogP contribution in [0.5, 0.6) is 5.75 Å². The monoisotopic (exact) mass is 281 g/mol. The Kier molecular flexibility index (Phi) is 4.96. The summed E-state index contributed by atoms with van der Waals surface area (Å²) in [5.41, 5.74) is 2.02. The fourth-order valence-corrected chi connectivity index (χ4v) is 2.66. The lowest BCUT2D eigenvalue weighted by molar-refractivity contribution is -0.116. The van der Waals surface area contributed by atoms with E-state index in [1.54, 1.807) is 6.26 Å². The van der Waals surface area contributed by atoms with Crippen LogP contribution < -0.4 is 10.1 Å². The molecule has 1 aromatic rings. The van der Waals surface area contributed by atoms with Crippen LogP contribution in [0.2, 0.25) is 0 Å². The number of fused-ring (bicyclic) bond motifs is 1. The standard InChI is InChI=1S/C14H19NO3S/c1-19(17)9-3-2-8-18-12-5-6-13-11(10-12)4-7-14(16)15-13/h5-6,10H,2-4,7-9H2,1H3,(H,15,16). The number of benzene rings is 1. The van der Waals surface area contributed by atoms with E-state index in [0.29, 0.717) is 13.0 Å². The van der Waals surface area contributed by atoms with E-state index in [1.807, 2.05) is 18.2 Å². The Hall–Kier alpha value is -1.36. The molecule has 1 heterocycles. The molecule has 5 heteroatoms. The summed E-state index contributed by atoms with van der Waals surface area (Å²) in [5, 5.41) is 2.85. The molecule has 0 bridgehead atoms. The molecule has 0 radical (unpaired) electrons. The molecule has 0 fully saturated rings. The van der Waals surface area contributed by atoms with E-state index in [2.05, 4.69) is 5.32 Å². The van der Waals surface area contributed by atoms with Crippen LogP contribution in [0.1, 0.15) is 24.8 Å². The second-order valence-corrected chi connectivity index (χ2v) is 6.25. The van der Waals surface area contributed by atoms with E-state index in [1.165, 1.54) is 0 Å². The lowest BCUT2D eigenvalue weighted by Gasteiger charge is -2.17. The summed E-state index contributed by atoms with van der Waals surface area (Å²) in [5.74, 6) is 1.65. The number of aryl methyl sites for hydroxylation is 1. The van der Waals surface area contributed by atoms with Crippen LogP contribution in [0.3, 0.4) is 0 Å². The predicted octanol–water partition coefficient (Wildman–Crippen LogP) is 2.11. The van der Waals surface area contributed by atoms with Crippen molar-refractivity contribution in [2.24, 2.45) is 0 Å². The topological polar surface area (TPSA) is 55.4 Å². The average Bonchev–Trinajstić information content (AvgIpc) is 2.38. The van der Waals surface area contributed by atoms with E-state index < -0.39 is 10.8 Å². The van der Waals surface area contributed by atoms with Crippen molar-refractivity contribution in [3.8, 4) is 5.75 Å². The molecule has 0 spiro atoms. The minimum Gasteiger partial charge on any atom is -0.494 e. The molecule has 1 amide bonds. The largest absolute Gasteiger partial charge is 0.494 e. The molecule has 2 rings (SSSR count). The number of hydrogen-bond acceptors (Lipinski definition) is 3. The molecule has 1 aliphatic rings. The molecule has 0 aliphatic carbocycles. The molecule has 104 valence electrons. The third kappa shape index (κ3) is 4.35. The molecule has 19 heavy (non-hydrogen) atoms. The van der Waals surface area contributed by atoms with Gasteiger partial charge in [0.1, 0.15) is 5.75 Å². The number of hydrogen-bond donors (Lipinski definition) is 1. The summed E-state index contributed by atoms with van der Waals surface area (Å²) >= 11 is 0. The maximum Gasteiger partial charge on any atom is 0.224 e. The van der Waals surface area contributed by atoms with Crippen molar-refractivity contribution in [3.05, 3.63) is 23.8 Å². The van der Waals surface area contributed by atoms with E-state index in [0.717, 1.165) is 42.0 Å². The molecule has 0 saturated heterocycles. The summed E-state index contributed by atoms with van der Waals surface area (Å²) in [6.45, 7) is 0.641. The van der Waals surface area contributed by atoms with Gasteiger partial charge in [-0.2, -0.15) is 0 Å². The zero-order chi connectivity index (χ0) is 13.7. The Labute approximate surface area is 116 Å². The second kappa shape index (κ2) is 6.70. The first-order valence-electron chi connectivity index (χ1n) is 6.51. The summed E-state index contributed by atoms with van der Waals surface area (Å²) in [6, 6.07) is 5.76. The third-order valence-corrected chi connectivity index (χ3v) is 3.93. The summed E-state index contributed by atoms with van der Waals surface area (Å²) in [6.07, 6.45) is 4.86. The highest BCUT2D eigenvalue weighted by Crippen LogP contribution is 2.26. The maximum absolute atomic E-state index is 11.2. The van der Waals surface area contributed by atoms with Crippen molar-refractivity contribution in [1.82, 2.24) is 0 Å². The van der Waals surface area contributed by atoms with Gasteiger partial charge in [-0.3, -0.25) is 9.00 Å². The minimum atomic E-state index is -0.715. The van der Waals surface area contributed by atoms with Crippen LogP contribution in [0.4, 0.5) is 5.69 Å². The second-order valence-electron chi connectivity index (χ2n) is 4.70. The molecule has 1 aromatic carbocycles. The molecule has 0 saturated carbocycles. The lowest BCUT2D eigenvalue weighted by Crippen LogP contribution is -2.18. The Morgan fingerprint density at radius 2 is 2.16 bits per heavy atom. The van der Waals surface area contributed by atoms with Crippen molar-refractivity contribution in [2.75, 3.05) is 23.9 Å². The number of rotatable bonds is 6. The molecule has 1 aliphatic heterocycles. The smallest absolute Gasteiger partial charge is 0.224 e. The highest BCUT2D eigenvalue weighted by atomic mass is 32.2. The van der Waals surface area contributed by atoms with Crippen molar-refractivity contribution < 1.29 is 13.7 Å². The van der Waals surface area contributed by atoms with Gasteiger partial charge in [-0.25, -0.2) is 0 Å². The summed E-state index contributed by atoms with van der Waals surface area (Å²) in [7, 11) is -0.715. The van der Waals surface area contributed by atoms with E-state index >= 15 is 0 Å². The molecular formula is C14H19NO3S. The van der Waals surface area contributed by atoms with Crippen molar-refractivity contribution in [2.45, 2.75) is 25.7 Å². The molecule has 0 aromatic heterocycles. The van der Waals surface area contributed by atoms with Crippen LogP contribution in [0, 0.1) is 0 Å². The van der Waals surface area contributed by atoms with Crippen LogP contribution in [-0.2, 0) is 22.0 Å². The fraction of sp³-hybridized carbons (Fsp3) is 0.500. The van der Waals surface area contributed by atoms with Gasteiger partial charge in [0.2, 0.25) is 5.91 Å². The maximum atomic E-state index is 11.2. The Balaban J connectivity index is 1.82. The number of amides is 1. The Morgan fingerprint density at radius 1 is 1.32 bits per heavy atom. The number of ether oxygens (including phenoxy) is 1. The van der Waals surface area contributed by atoms with Crippen LogP contribution in [-0.4, -0.2) is 28.7 Å². The van der Waals surface area contributed by atoms with Gasteiger partial charge >= 0.3 is 0 Å². The van der Waals surface area contributed by atoms with Crippen LogP contribution >= 0.6 is 0 Å². The zero-order valence-electron chi connectivity index (χ0n) is 11.1. The molecule has 1 N–H and O–H groups in total. The zero-order valence-corrected chi connectivity index (χ0v) is 11.9. The fourth-order valence-electron chi connectivity index (χ4n) is 2.05. The lowest BCUT2D eigenvalue weighted by atomic mass is 10.0. The van der Waals surface area contributed by atoms with Crippen molar-refractivity contribution >= 4 is 22.4 Å². The Morgan fingerprint density at radius 3 is 2.95 bits per heavy atom. The first-order valence-corrected chi connectivity index (χ1v) is 8.23. The molecule has 4 nitrogen and oxygen atoms in total. The summed E-state index contributed by atoms with van der Waals surface area (Å²) < 4.78 is 16.6. The van der Waals surface area contributed by atoms with Gasteiger partial charge in [0, 0.05) is 34.9 Å². The number of anilines is 1. The van der Waals surface area contributed by atoms with Gasteiger partial charge < -0.3 is 10.1 Å². The quantitative estimate of drug-likeness (QED) is 0.813. The summed E-state index contributed by atoms with van der Waals surface area (Å²) in [4.78, 5) is 11.2. The number of carbonyl (C=O) groups excluding carboxylic acids is 1. The minimum absolute atomic E-state index is 0.0775. The third-order valence-electron chi connectivity index (χ3n) is 3.07. The van der Waals surface area contributed by atoms with E-state index in [-0.39, 0.29) is 5.91 Å². The molecular weight excluding hydrogens is 262 g/mol.